The predicted molar refractivity (Wildman–Crippen MR) is 67.8 cm³/mol. The van der Waals surface area contributed by atoms with E-state index in [1.54, 1.807) is 12.3 Å². The normalized spacial score (nSPS) is 12.7. The molecule has 0 saturated carbocycles. The van der Waals surface area contributed by atoms with Crippen molar-refractivity contribution in [2.24, 2.45) is 5.92 Å². The van der Waals surface area contributed by atoms with Crippen molar-refractivity contribution < 1.29 is 9.53 Å². The first-order valence-electron chi connectivity index (χ1n) is 5.87. The summed E-state index contributed by atoms with van der Waals surface area (Å²) in [5.74, 6) is 0.165. The molecule has 5 heteroatoms. The number of amides is 1. The number of hydrogen-bond acceptors (Lipinski definition) is 3. The largest absolute Gasteiger partial charge is 0.397 e. The lowest BCUT2D eigenvalue weighted by atomic mass is 10.1. The molecule has 1 aromatic heterocycles. The number of ether oxygens (including phenoxy) is 1. The van der Waals surface area contributed by atoms with E-state index in [9.17, 15) is 4.79 Å². The molecule has 0 aliphatic heterocycles. The van der Waals surface area contributed by atoms with Crippen LogP contribution in [0.3, 0.4) is 0 Å². The molecule has 96 valence electrons. The highest BCUT2D eigenvalue weighted by atomic mass is 16.5. The molecule has 0 aliphatic carbocycles. The van der Waals surface area contributed by atoms with E-state index in [4.69, 9.17) is 10.5 Å². The molecule has 1 heterocycles. The Bertz CT molecular complexity index is 360. The molecule has 1 aromatic rings. The number of aromatic nitrogens is 1. The number of anilines is 1. The molecule has 0 fully saturated rings. The van der Waals surface area contributed by atoms with Crippen LogP contribution in [0.4, 0.5) is 5.69 Å². The van der Waals surface area contributed by atoms with Crippen LogP contribution < -0.4 is 11.1 Å². The smallest absolute Gasteiger partial charge is 0.268 e. The van der Waals surface area contributed by atoms with E-state index in [0.29, 0.717) is 30.5 Å². The van der Waals surface area contributed by atoms with Gasteiger partial charge in [0.1, 0.15) is 5.69 Å². The molecule has 0 bridgehead atoms. The highest BCUT2D eigenvalue weighted by Gasteiger charge is 2.17. The summed E-state index contributed by atoms with van der Waals surface area (Å²) in [7, 11) is 0. The number of carbonyl (C=O) groups excluding carboxylic acids is 1. The molecule has 4 N–H and O–H groups in total. The highest BCUT2D eigenvalue weighted by molar-refractivity contribution is 5.93. The Morgan fingerprint density at radius 2 is 2.29 bits per heavy atom. The highest BCUT2D eigenvalue weighted by Crippen LogP contribution is 2.07. The van der Waals surface area contributed by atoms with Gasteiger partial charge in [-0.1, -0.05) is 13.8 Å². The van der Waals surface area contributed by atoms with Crippen LogP contribution in [0.15, 0.2) is 12.3 Å². The Morgan fingerprint density at radius 1 is 1.59 bits per heavy atom. The Balaban J connectivity index is 2.57. The minimum absolute atomic E-state index is 0.00646. The second-order valence-corrected chi connectivity index (χ2v) is 4.33. The summed E-state index contributed by atoms with van der Waals surface area (Å²) in [6, 6.07) is 1.62. The molecule has 0 spiro atoms. The number of nitrogen functional groups attached to an aromatic ring is 1. The predicted octanol–water partition coefficient (Wildman–Crippen LogP) is 1.39. The molecule has 1 rings (SSSR count). The fourth-order valence-corrected chi connectivity index (χ4v) is 1.43. The Hall–Kier alpha value is -1.49. The molecule has 0 saturated heterocycles. The first-order valence-corrected chi connectivity index (χ1v) is 5.87. The van der Waals surface area contributed by atoms with Gasteiger partial charge in [0.05, 0.1) is 12.6 Å². The number of H-pyrrole nitrogens is 1. The van der Waals surface area contributed by atoms with Crippen molar-refractivity contribution in [2.75, 3.05) is 18.9 Å². The minimum atomic E-state index is -0.153. The molecular formula is C12H21N3O2. The van der Waals surface area contributed by atoms with Crippen LogP contribution in [0.25, 0.3) is 0 Å². The van der Waals surface area contributed by atoms with E-state index >= 15 is 0 Å². The zero-order chi connectivity index (χ0) is 12.8. The van der Waals surface area contributed by atoms with Gasteiger partial charge in [0.15, 0.2) is 0 Å². The van der Waals surface area contributed by atoms with Gasteiger partial charge in [0, 0.05) is 18.5 Å². The average Bonchev–Trinajstić information content (AvgIpc) is 2.70. The second-order valence-electron chi connectivity index (χ2n) is 4.33. The lowest BCUT2D eigenvalue weighted by Crippen LogP contribution is -2.42. The monoisotopic (exact) mass is 239 g/mol. The van der Waals surface area contributed by atoms with Crippen molar-refractivity contribution in [3.63, 3.8) is 0 Å². The third-order valence-corrected chi connectivity index (χ3v) is 2.57. The number of nitrogens with one attached hydrogen (secondary N) is 2. The van der Waals surface area contributed by atoms with Gasteiger partial charge < -0.3 is 20.8 Å². The van der Waals surface area contributed by atoms with Crippen molar-refractivity contribution in [2.45, 2.75) is 26.8 Å². The van der Waals surface area contributed by atoms with Crippen molar-refractivity contribution in [1.82, 2.24) is 10.3 Å². The third-order valence-electron chi connectivity index (χ3n) is 2.57. The number of aromatic amines is 1. The molecule has 0 radical (unpaired) electrons. The maximum absolute atomic E-state index is 11.9. The van der Waals surface area contributed by atoms with Crippen LogP contribution >= 0.6 is 0 Å². The maximum Gasteiger partial charge on any atom is 0.268 e. The van der Waals surface area contributed by atoms with Gasteiger partial charge in [0.25, 0.3) is 5.91 Å². The quantitative estimate of drug-likeness (QED) is 0.701. The van der Waals surface area contributed by atoms with Gasteiger partial charge >= 0.3 is 0 Å². The van der Waals surface area contributed by atoms with Gasteiger partial charge in [-0.2, -0.15) is 0 Å². The number of hydrogen-bond donors (Lipinski definition) is 3. The van der Waals surface area contributed by atoms with Gasteiger partial charge in [-0.3, -0.25) is 4.79 Å². The molecule has 0 aromatic carbocycles. The zero-order valence-corrected chi connectivity index (χ0v) is 10.6. The Morgan fingerprint density at radius 3 is 2.76 bits per heavy atom. The molecule has 1 amide bonds. The van der Waals surface area contributed by atoms with E-state index in [1.165, 1.54) is 0 Å². The van der Waals surface area contributed by atoms with Crippen LogP contribution in [0.5, 0.6) is 0 Å². The number of nitrogens with two attached hydrogens (primary N) is 1. The Labute approximate surface area is 102 Å². The zero-order valence-electron chi connectivity index (χ0n) is 10.6. The lowest BCUT2D eigenvalue weighted by Gasteiger charge is -2.21. The van der Waals surface area contributed by atoms with Crippen molar-refractivity contribution in [1.29, 1.82) is 0 Å². The van der Waals surface area contributed by atoms with Crippen molar-refractivity contribution in [3.8, 4) is 0 Å². The van der Waals surface area contributed by atoms with Crippen LogP contribution in [-0.2, 0) is 4.74 Å². The molecular weight excluding hydrogens is 218 g/mol. The molecule has 0 aliphatic rings. The first-order chi connectivity index (χ1) is 8.04. The molecule has 1 unspecified atom stereocenters. The van der Waals surface area contributed by atoms with Crippen LogP contribution in [0.1, 0.15) is 31.3 Å². The van der Waals surface area contributed by atoms with Gasteiger partial charge in [0.2, 0.25) is 0 Å². The van der Waals surface area contributed by atoms with E-state index in [2.05, 4.69) is 10.3 Å². The molecule has 5 nitrogen and oxygen atoms in total. The van der Waals surface area contributed by atoms with Crippen LogP contribution in [0.2, 0.25) is 0 Å². The third kappa shape index (κ3) is 4.11. The van der Waals surface area contributed by atoms with Crippen LogP contribution in [0, 0.1) is 5.92 Å². The van der Waals surface area contributed by atoms with E-state index < -0.39 is 0 Å². The average molecular weight is 239 g/mol. The SMILES string of the molecule is CCOCC(NC(=O)c1cc(N)c[nH]1)C(C)C. The summed E-state index contributed by atoms with van der Waals surface area (Å²) in [6.07, 6.45) is 1.60. The topological polar surface area (TPSA) is 80.1 Å². The van der Waals surface area contributed by atoms with Gasteiger partial charge in [-0.15, -0.1) is 0 Å². The maximum atomic E-state index is 11.9. The first kappa shape index (κ1) is 13.6. The lowest BCUT2D eigenvalue weighted by molar-refractivity contribution is 0.0802. The minimum Gasteiger partial charge on any atom is -0.397 e. The summed E-state index contributed by atoms with van der Waals surface area (Å²) in [4.78, 5) is 14.7. The standard InChI is InChI=1S/C12H21N3O2/c1-4-17-7-11(8(2)3)15-12(16)10-5-9(13)6-14-10/h5-6,8,11,14H,4,7,13H2,1-3H3,(H,15,16). The second kappa shape index (κ2) is 6.30. The summed E-state index contributed by atoms with van der Waals surface area (Å²) in [5, 5.41) is 2.93. The molecule has 17 heavy (non-hydrogen) atoms. The van der Waals surface area contributed by atoms with E-state index in [0.717, 1.165) is 0 Å². The number of carbonyl (C=O) groups is 1. The van der Waals surface area contributed by atoms with Gasteiger partial charge in [-0.05, 0) is 18.9 Å². The summed E-state index contributed by atoms with van der Waals surface area (Å²) in [6.45, 7) is 7.20. The fraction of sp³-hybridized carbons (Fsp3) is 0.583. The van der Waals surface area contributed by atoms with Crippen molar-refractivity contribution >= 4 is 11.6 Å². The number of rotatable bonds is 6. The van der Waals surface area contributed by atoms with Crippen molar-refractivity contribution in [3.05, 3.63) is 18.0 Å². The van der Waals surface area contributed by atoms with E-state index in [1.807, 2.05) is 20.8 Å². The van der Waals surface area contributed by atoms with Crippen LogP contribution in [-0.4, -0.2) is 30.1 Å². The summed E-state index contributed by atoms with van der Waals surface area (Å²) in [5.41, 5.74) is 6.58. The van der Waals surface area contributed by atoms with Gasteiger partial charge in [-0.25, -0.2) is 0 Å². The molecule has 1 atom stereocenters. The summed E-state index contributed by atoms with van der Waals surface area (Å²) < 4.78 is 5.35. The van der Waals surface area contributed by atoms with E-state index in [-0.39, 0.29) is 11.9 Å². The Kier molecular flexibility index (Phi) is 5.03. The summed E-state index contributed by atoms with van der Waals surface area (Å²) >= 11 is 0. The fourth-order valence-electron chi connectivity index (χ4n) is 1.43.